The van der Waals surface area contributed by atoms with Gasteiger partial charge < -0.3 is 23.7 Å². The van der Waals surface area contributed by atoms with Gasteiger partial charge in [0.25, 0.3) is 5.79 Å². The topological polar surface area (TPSA) is 63.2 Å². The fourth-order valence-corrected chi connectivity index (χ4v) is 1.93. The van der Waals surface area contributed by atoms with Gasteiger partial charge in [0.05, 0.1) is 6.61 Å². The molecule has 0 N–H and O–H groups in total. The molecular formula is C15H23F3O6. The maximum Gasteiger partial charge on any atom is 0.443 e. The number of hydrogen-bond donors (Lipinski definition) is 0. The van der Waals surface area contributed by atoms with Gasteiger partial charge >= 0.3 is 12.1 Å². The van der Waals surface area contributed by atoms with Crippen molar-refractivity contribution in [3.05, 3.63) is 12.2 Å². The SMILES string of the molecule is C=C(C)C(=O)OCC1OCCC(OC(C)OCCC)(C(F)(F)F)O1. The molecule has 1 aliphatic rings. The average Bonchev–Trinajstić information content (AvgIpc) is 2.49. The highest BCUT2D eigenvalue weighted by Crippen LogP contribution is 2.41. The molecule has 1 rings (SSSR count). The molecule has 0 aromatic rings. The Morgan fingerprint density at radius 2 is 2.12 bits per heavy atom. The first-order chi connectivity index (χ1) is 11.1. The van der Waals surface area contributed by atoms with E-state index in [0.29, 0.717) is 6.42 Å². The summed E-state index contributed by atoms with van der Waals surface area (Å²) in [6.07, 6.45) is -7.25. The molecule has 140 valence electrons. The third-order valence-corrected chi connectivity index (χ3v) is 3.10. The summed E-state index contributed by atoms with van der Waals surface area (Å²) < 4.78 is 65.5. The lowest BCUT2D eigenvalue weighted by atomic mass is 10.1. The van der Waals surface area contributed by atoms with Gasteiger partial charge in [-0.05, 0) is 20.3 Å². The van der Waals surface area contributed by atoms with E-state index in [-0.39, 0.29) is 18.8 Å². The number of alkyl halides is 3. The van der Waals surface area contributed by atoms with E-state index in [1.807, 2.05) is 6.92 Å². The van der Waals surface area contributed by atoms with Crippen LogP contribution in [0.3, 0.4) is 0 Å². The van der Waals surface area contributed by atoms with Crippen molar-refractivity contribution in [2.45, 2.75) is 58.2 Å². The summed E-state index contributed by atoms with van der Waals surface area (Å²) in [6.45, 7) is 7.46. The lowest BCUT2D eigenvalue weighted by molar-refractivity contribution is -0.460. The third kappa shape index (κ3) is 5.73. The lowest BCUT2D eigenvalue weighted by Crippen LogP contribution is -2.58. The van der Waals surface area contributed by atoms with Crippen molar-refractivity contribution in [1.82, 2.24) is 0 Å². The first-order valence-corrected chi connectivity index (χ1v) is 7.59. The minimum atomic E-state index is -4.81. The summed E-state index contributed by atoms with van der Waals surface area (Å²) in [6, 6.07) is 0. The molecule has 1 aliphatic heterocycles. The molecule has 0 amide bonds. The second kappa shape index (κ2) is 8.80. The number of halogens is 3. The Bertz CT molecular complexity index is 439. The van der Waals surface area contributed by atoms with Crippen molar-refractivity contribution < 1.29 is 41.7 Å². The van der Waals surface area contributed by atoms with E-state index in [2.05, 4.69) is 6.58 Å². The minimum absolute atomic E-state index is 0.116. The second-order valence-electron chi connectivity index (χ2n) is 5.35. The molecule has 0 spiro atoms. The van der Waals surface area contributed by atoms with Gasteiger partial charge in [-0.2, -0.15) is 13.2 Å². The summed E-state index contributed by atoms with van der Waals surface area (Å²) in [4.78, 5) is 11.3. The summed E-state index contributed by atoms with van der Waals surface area (Å²) in [5.74, 6) is -3.62. The number of carbonyl (C=O) groups is 1. The van der Waals surface area contributed by atoms with Crippen molar-refractivity contribution in [3.8, 4) is 0 Å². The quantitative estimate of drug-likeness (QED) is 0.379. The Hall–Kier alpha value is -1.16. The van der Waals surface area contributed by atoms with E-state index in [9.17, 15) is 18.0 Å². The monoisotopic (exact) mass is 356 g/mol. The molecule has 24 heavy (non-hydrogen) atoms. The second-order valence-corrected chi connectivity index (χ2v) is 5.35. The maximum atomic E-state index is 13.5. The highest BCUT2D eigenvalue weighted by atomic mass is 19.4. The molecule has 6 nitrogen and oxygen atoms in total. The number of carbonyl (C=O) groups excluding carboxylic acids is 1. The highest BCUT2D eigenvalue weighted by molar-refractivity contribution is 5.86. The van der Waals surface area contributed by atoms with Gasteiger partial charge in [-0.15, -0.1) is 0 Å². The smallest absolute Gasteiger partial charge is 0.443 e. The van der Waals surface area contributed by atoms with Crippen LogP contribution in [0.5, 0.6) is 0 Å². The number of rotatable bonds is 8. The van der Waals surface area contributed by atoms with Crippen LogP contribution in [0.15, 0.2) is 12.2 Å². The van der Waals surface area contributed by atoms with E-state index in [0.717, 1.165) is 0 Å². The third-order valence-electron chi connectivity index (χ3n) is 3.10. The predicted octanol–water partition coefficient (Wildman–Crippen LogP) is 2.92. The highest BCUT2D eigenvalue weighted by Gasteiger charge is 2.61. The van der Waals surface area contributed by atoms with Gasteiger partial charge in [0, 0.05) is 18.6 Å². The first-order valence-electron chi connectivity index (χ1n) is 7.59. The normalized spacial score (nSPS) is 26.0. The zero-order valence-corrected chi connectivity index (χ0v) is 14.0. The van der Waals surface area contributed by atoms with Crippen molar-refractivity contribution in [2.24, 2.45) is 0 Å². The van der Waals surface area contributed by atoms with E-state index < -0.39 is 43.5 Å². The van der Waals surface area contributed by atoms with Gasteiger partial charge in [-0.3, -0.25) is 0 Å². The summed E-state index contributed by atoms with van der Waals surface area (Å²) in [5.41, 5.74) is 0.116. The summed E-state index contributed by atoms with van der Waals surface area (Å²) in [7, 11) is 0. The number of esters is 1. The lowest BCUT2D eigenvalue weighted by Gasteiger charge is -2.42. The van der Waals surface area contributed by atoms with Crippen LogP contribution < -0.4 is 0 Å². The standard InChI is InChI=1S/C15H23F3O6/c1-5-7-20-11(4)23-14(15(16,17)18)6-8-21-12(24-14)9-22-13(19)10(2)3/h11-12H,2,5-9H2,1,3-4H3. The van der Waals surface area contributed by atoms with Crippen molar-refractivity contribution in [3.63, 3.8) is 0 Å². The van der Waals surface area contributed by atoms with Crippen LogP contribution in [0.1, 0.15) is 33.6 Å². The van der Waals surface area contributed by atoms with Crippen LogP contribution in [0.25, 0.3) is 0 Å². The Balaban J connectivity index is 2.76. The van der Waals surface area contributed by atoms with Gasteiger partial charge in [0.1, 0.15) is 6.61 Å². The van der Waals surface area contributed by atoms with Crippen LogP contribution >= 0.6 is 0 Å². The minimum Gasteiger partial charge on any atom is -0.457 e. The predicted molar refractivity (Wildman–Crippen MR) is 76.8 cm³/mol. The molecule has 0 aliphatic carbocycles. The molecule has 9 heteroatoms. The van der Waals surface area contributed by atoms with Crippen molar-refractivity contribution in [2.75, 3.05) is 19.8 Å². The Kier molecular flexibility index (Phi) is 7.65. The van der Waals surface area contributed by atoms with Gasteiger partial charge in [0.15, 0.2) is 12.6 Å². The Morgan fingerprint density at radius 1 is 1.46 bits per heavy atom. The van der Waals surface area contributed by atoms with E-state index in [1.54, 1.807) is 0 Å². The Morgan fingerprint density at radius 3 is 2.67 bits per heavy atom. The first kappa shape index (κ1) is 20.9. The number of hydrogen-bond acceptors (Lipinski definition) is 6. The molecular weight excluding hydrogens is 333 g/mol. The zero-order valence-electron chi connectivity index (χ0n) is 14.0. The fourth-order valence-electron chi connectivity index (χ4n) is 1.93. The average molecular weight is 356 g/mol. The fraction of sp³-hybridized carbons (Fsp3) is 0.800. The molecule has 0 aromatic heterocycles. The van der Waals surface area contributed by atoms with Gasteiger partial charge in [-0.1, -0.05) is 13.5 Å². The van der Waals surface area contributed by atoms with Crippen LogP contribution in [0.4, 0.5) is 13.2 Å². The molecule has 1 fully saturated rings. The van der Waals surface area contributed by atoms with E-state index in [1.165, 1.54) is 13.8 Å². The maximum absolute atomic E-state index is 13.5. The molecule has 1 heterocycles. The number of ether oxygens (including phenoxy) is 5. The zero-order chi connectivity index (χ0) is 18.4. The van der Waals surface area contributed by atoms with Crippen LogP contribution in [-0.4, -0.2) is 50.3 Å². The van der Waals surface area contributed by atoms with Gasteiger partial charge in [-0.25, -0.2) is 4.79 Å². The summed E-state index contributed by atoms with van der Waals surface area (Å²) >= 11 is 0. The molecule has 0 saturated carbocycles. The van der Waals surface area contributed by atoms with E-state index in [4.69, 9.17) is 23.7 Å². The molecule has 0 bridgehead atoms. The van der Waals surface area contributed by atoms with Gasteiger partial charge in [0.2, 0.25) is 0 Å². The molecule has 3 atom stereocenters. The largest absolute Gasteiger partial charge is 0.457 e. The Labute approximate surface area is 138 Å². The molecule has 3 unspecified atom stereocenters. The summed E-state index contributed by atoms with van der Waals surface area (Å²) in [5, 5.41) is 0. The van der Waals surface area contributed by atoms with Crippen LogP contribution in [0, 0.1) is 0 Å². The van der Waals surface area contributed by atoms with Crippen molar-refractivity contribution >= 4 is 5.97 Å². The molecule has 0 aromatic carbocycles. The van der Waals surface area contributed by atoms with E-state index >= 15 is 0 Å². The van der Waals surface area contributed by atoms with Crippen molar-refractivity contribution in [1.29, 1.82) is 0 Å². The molecule has 1 saturated heterocycles. The van der Waals surface area contributed by atoms with Crippen LogP contribution in [0.2, 0.25) is 0 Å². The molecule has 0 radical (unpaired) electrons. The van der Waals surface area contributed by atoms with Crippen LogP contribution in [-0.2, 0) is 28.5 Å².